The summed E-state index contributed by atoms with van der Waals surface area (Å²) < 4.78 is 64.8. The Hall–Kier alpha value is -5.47. The molecular weight excluding hydrogens is 669 g/mol. The minimum atomic E-state index is -4.52. The van der Waals surface area contributed by atoms with E-state index in [0.717, 1.165) is 11.6 Å². The van der Waals surface area contributed by atoms with Crippen molar-refractivity contribution in [2.45, 2.75) is 43.1 Å². The van der Waals surface area contributed by atoms with Gasteiger partial charge in [-0.25, -0.2) is 9.52 Å². The number of benzene rings is 4. The number of amidine groups is 1. The molecule has 1 unspecified atom stereocenters. The largest absolute Gasteiger partial charge is 0.506 e. The summed E-state index contributed by atoms with van der Waals surface area (Å²) in [5.41, 5.74) is 1.23. The highest BCUT2D eigenvalue weighted by atomic mass is 32.2. The first-order valence-corrected chi connectivity index (χ1v) is 18.2. The number of nitrogens with one attached hydrogen (secondary N) is 3. The molecule has 14 heteroatoms. The van der Waals surface area contributed by atoms with Crippen LogP contribution in [0.2, 0.25) is 0 Å². The van der Waals surface area contributed by atoms with Gasteiger partial charge < -0.3 is 15.2 Å². The average Bonchev–Trinajstić information content (AvgIpc) is 3.07. The van der Waals surface area contributed by atoms with Crippen LogP contribution in [0.15, 0.2) is 118 Å². The number of aliphatic hydroxyl groups is 1. The molecule has 0 fully saturated rings. The van der Waals surface area contributed by atoms with Crippen LogP contribution >= 0.6 is 0 Å². The summed E-state index contributed by atoms with van der Waals surface area (Å²) in [5.74, 6) is -1.24. The molecule has 1 heterocycles. The van der Waals surface area contributed by atoms with Gasteiger partial charge in [-0.3, -0.25) is 9.52 Å². The Bertz CT molecular complexity index is 2220. The zero-order chi connectivity index (χ0) is 34.8. The van der Waals surface area contributed by atoms with Crippen molar-refractivity contribution >= 4 is 55.1 Å². The van der Waals surface area contributed by atoms with Gasteiger partial charge in [-0.15, -0.1) is 4.40 Å². The van der Waals surface area contributed by atoms with E-state index in [2.05, 4.69) is 14.4 Å². The van der Waals surface area contributed by atoms with E-state index in [4.69, 9.17) is 4.74 Å². The van der Waals surface area contributed by atoms with Gasteiger partial charge in [0.2, 0.25) is 0 Å². The van der Waals surface area contributed by atoms with E-state index in [-0.39, 0.29) is 29.4 Å². The lowest BCUT2D eigenvalue weighted by Gasteiger charge is -2.36. The second-order valence-corrected chi connectivity index (χ2v) is 14.8. The molecule has 4 aromatic rings. The van der Waals surface area contributed by atoms with Crippen molar-refractivity contribution in [3.05, 3.63) is 131 Å². The molecule has 0 aromatic heterocycles. The molecule has 4 aromatic carbocycles. The van der Waals surface area contributed by atoms with E-state index in [1.165, 1.54) is 12.1 Å². The number of ether oxygens (including phenoxy) is 1. The van der Waals surface area contributed by atoms with E-state index in [1.54, 1.807) is 66.2 Å². The van der Waals surface area contributed by atoms with E-state index in [0.29, 0.717) is 36.0 Å². The maximum Gasteiger partial charge on any atom is 0.422 e. The average molecular weight is 701 g/mol. The van der Waals surface area contributed by atoms with Crippen LogP contribution in [0.3, 0.4) is 0 Å². The molecule has 0 radical (unpaired) electrons. The number of carbonyl (C=O) groups excluding carboxylic acids is 2. The van der Waals surface area contributed by atoms with E-state index in [1.807, 2.05) is 30.3 Å². The van der Waals surface area contributed by atoms with Gasteiger partial charge >= 0.3 is 16.3 Å². The summed E-state index contributed by atoms with van der Waals surface area (Å²) in [4.78, 5) is 26.0. The number of fused-ring (bicyclic) bond motifs is 2. The van der Waals surface area contributed by atoms with Crippen molar-refractivity contribution in [3.63, 3.8) is 0 Å². The molecule has 0 bridgehead atoms. The second-order valence-electron chi connectivity index (χ2n) is 11.8. The highest BCUT2D eigenvalue weighted by Gasteiger charge is 2.46. The number of aryl methyl sites for hydroxylation is 1. The molecule has 49 heavy (non-hydrogen) atoms. The third-order valence-corrected chi connectivity index (χ3v) is 10.6. The van der Waals surface area contributed by atoms with Crippen molar-refractivity contribution < 1.29 is 36.3 Å². The number of ketones is 1. The molecule has 1 aliphatic carbocycles. The Kier molecular flexibility index (Phi) is 9.01. The summed E-state index contributed by atoms with van der Waals surface area (Å²) in [5, 5.41) is 14.2. The molecule has 0 spiro atoms. The first kappa shape index (κ1) is 33.4. The maximum atomic E-state index is 14.3. The van der Waals surface area contributed by atoms with Gasteiger partial charge in [0, 0.05) is 5.56 Å². The quantitative estimate of drug-likeness (QED) is 0.163. The van der Waals surface area contributed by atoms with Crippen molar-refractivity contribution in [2.24, 2.45) is 4.40 Å². The molecule has 4 N–H and O–H groups in total. The fourth-order valence-corrected chi connectivity index (χ4v) is 7.86. The summed E-state index contributed by atoms with van der Waals surface area (Å²) in [6, 6.07) is 29.0. The Labute approximate surface area is 283 Å². The van der Waals surface area contributed by atoms with E-state index < -0.39 is 48.2 Å². The molecule has 0 saturated carbocycles. The summed E-state index contributed by atoms with van der Waals surface area (Å²) >= 11 is 0. The fourth-order valence-electron chi connectivity index (χ4n) is 5.94. The third kappa shape index (κ3) is 7.05. The molecule has 2 aliphatic rings. The lowest BCUT2D eigenvalue weighted by atomic mass is 9.67. The number of hydrogen-bond donors (Lipinski definition) is 4. The minimum absolute atomic E-state index is 0.000849. The number of anilines is 2. The zero-order valence-corrected chi connectivity index (χ0v) is 27.8. The molecular formula is C35H32N4O8S2. The van der Waals surface area contributed by atoms with Gasteiger partial charge in [-0.05, 0) is 61.1 Å². The van der Waals surface area contributed by atoms with Gasteiger partial charge in [0.05, 0.1) is 16.8 Å². The zero-order valence-electron chi connectivity index (χ0n) is 26.2. The molecule has 1 aliphatic heterocycles. The van der Waals surface area contributed by atoms with Crippen molar-refractivity contribution in [1.29, 1.82) is 0 Å². The van der Waals surface area contributed by atoms with Crippen LogP contribution in [-0.4, -0.2) is 39.7 Å². The normalized spacial score (nSPS) is 18.0. The van der Waals surface area contributed by atoms with Crippen LogP contribution in [-0.2, 0) is 48.2 Å². The van der Waals surface area contributed by atoms with Crippen LogP contribution in [0.1, 0.15) is 42.0 Å². The van der Waals surface area contributed by atoms with E-state index >= 15 is 0 Å². The Morgan fingerprint density at radius 3 is 2.31 bits per heavy atom. The van der Waals surface area contributed by atoms with Crippen molar-refractivity contribution in [1.82, 2.24) is 4.72 Å². The summed E-state index contributed by atoms with van der Waals surface area (Å²) in [6.07, 6.45) is 0.543. The minimum Gasteiger partial charge on any atom is -0.506 e. The van der Waals surface area contributed by atoms with Gasteiger partial charge in [-0.2, -0.15) is 16.8 Å². The topological polar surface area (TPSA) is 180 Å². The van der Waals surface area contributed by atoms with Crippen molar-refractivity contribution in [3.8, 4) is 0 Å². The molecule has 0 saturated heterocycles. The fraction of sp³-hybridized carbons (Fsp3) is 0.171. The molecule has 12 nitrogen and oxygen atoms in total. The molecule has 252 valence electrons. The highest BCUT2D eigenvalue weighted by Crippen LogP contribution is 2.44. The molecule has 1 amide bonds. The van der Waals surface area contributed by atoms with Crippen LogP contribution in [0.25, 0.3) is 5.76 Å². The van der Waals surface area contributed by atoms with Crippen molar-refractivity contribution in [2.75, 3.05) is 10.0 Å². The molecule has 6 rings (SSSR count). The number of carbonyl (C=O) groups is 2. The number of rotatable bonds is 10. The predicted molar refractivity (Wildman–Crippen MR) is 185 cm³/mol. The van der Waals surface area contributed by atoms with Gasteiger partial charge in [-0.1, -0.05) is 84.9 Å². The number of nitrogens with zero attached hydrogens (tertiary/aromatic N) is 1. The smallest absolute Gasteiger partial charge is 0.422 e. The van der Waals surface area contributed by atoms with Gasteiger partial charge in [0.25, 0.3) is 10.0 Å². The van der Waals surface area contributed by atoms with Gasteiger partial charge in [0.15, 0.2) is 11.6 Å². The number of sulfonamides is 1. The predicted octanol–water partition coefficient (Wildman–Crippen LogP) is 5.62. The van der Waals surface area contributed by atoms with Crippen LogP contribution in [0, 0.1) is 0 Å². The van der Waals surface area contributed by atoms with E-state index in [9.17, 15) is 31.5 Å². The standard InChI is InChI=1S/C35H32N4O8S2/c1-35(20-10-15-23-11-4-2-5-12-23)27-17-9-8-16-26(27)31(40)30(32(35)41)33-36-28-19-18-25(21-29(28)48(43,44)38-33)37-49(45,46)39-34(42)47-22-24-13-6-3-7-14-24/h2-9,11-14,16-19,21,37,40H,10,15,20,22H2,1H3,(H,36,38)(H,39,42). The van der Waals surface area contributed by atoms with Crippen LogP contribution in [0.4, 0.5) is 16.2 Å². The first-order chi connectivity index (χ1) is 23.4. The Balaban J connectivity index is 1.23. The highest BCUT2D eigenvalue weighted by molar-refractivity contribution is 7.91. The Morgan fingerprint density at radius 1 is 0.939 bits per heavy atom. The van der Waals surface area contributed by atoms with Crippen LogP contribution in [0.5, 0.6) is 0 Å². The number of Topliss-reactive ketones (excluding diaryl/α,β-unsaturated/α-hetero) is 1. The molecule has 1 atom stereocenters. The van der Waals surface area contributed by atoms with Gasteiger partial charge in [0.1, 0.15) is 22.8 Å². The van der Waals surface area contributed by atoms with Crippen LogP contribution < -0.4 is 14.8 Å². The number of hydrogen-bond acceptors (Lipinski definition) is 9. The Morgan fingerprint density at radius 2 is 1.59 bits per heavy atom. The third-order valence-electron chi connectivity index (χ3n) is 8.37. The number of amides is 1. The monoisotopic (exact) mass is 700 g/mol. The summed E-state index contributed by atoms with van der Waals surface area (Å²) in [6.45, 7) is 1.61. The lowest BCUT2D eigenvalue weighted by Crippen LogP contribution is -2.42. The lowest BCUT2D eigenvalue weighted by molar-refractivity contribution is -0.120. The summed E-state index contributed by atoms with van der Waals surface area (Å²) in [7, 11) is -9.04. The maximum absolute atomic E-state index is 14.3. The number of aliphatic hydroxyl groups excluding tert-OH is 1. The first-order valence-electron chi connectivity index (χ1n) is 15.3. The second kappa shape index (κ2) is 13.2. The SMILES string of the molecule is CC1(CCCc2ccccc2)C(=O)C(C2=NS(=O)(=O)c3cc(NS(=O)(=O)NC(=O)OCc4ccccc4)ccc3N2)=C(O)c2ccccc21.